The molecule has 1 heterocycles. The van der Waals surface area contributed by atoms with Crippen LogP contribution in [0.5, 0.6) is 11.5 Å². The van der Waals surface area contributed by atoms with Gasteiger partial charge in [0.2, 0.25) is 5.90 Å². The number of cyclic esters (lactones) is 1. The summed E-state index contributed by atoms with van der Waals surface area (Å²) in [5.41, 5.74) is 3.91. The van der Waals surface area contributed by atoms with Gasteiger partial charge in [-0.2, -0.15) is 0 Å². The van der Waals surface area contributed by atoms with Crippen LogP contribution in [0.25, 0.3) is 6.08 Å². The van der Waals surface area contributed by atoms with E-state index >= 15 is 0 Å². The van der Waals surface area contributed by atoms with E-state index in [4.69, 9.17) is 14.2 Å². The van der Waals surface area contributed by atoms with E-state index in [2.05, 4.69) is 4.99 Å². The summed E-state index contributed by atoms with van der Waals surface area (Å²) in [6, 6.07) is 23.1. The lowest BCUT2D eigenvalue weighted by molar-refractivity contribution is -0.129. The lowest BCUT2D eigenvalue weighted by Gasteiger charge is -2.11. The fraction of sp³-hybridized carbons (Fsp3) is 0.120. The molecule has 150 valence electrons. The van der Waals surface area contributed by atoms with Crippen LogP contribution in [0.1, 0.15) is 22.3 Å². The van der Waals surface area contributed by atoms with Crippen molar-refractivity contribution in [2.45, 2.75) is 13.5 Å². The van der Waals surface area contributed by atoms with Crippen LogP contribution in [-0.2, 0) is 16.1 Å². The van der Waals surface area contributed by atoms with Crippen LogP contribution in [0.15, 0.2) is 83.5 Å². The van der Waals surface area contributed by atoms with Gasteiger partial charge in [-0.25, -0.2) is 9.79 Å². The molecule has 5 heteroatoms. The standard InChI is InChI=1S/C25H21NO4/c1-17-7-6-10-20(13-17)24-26-21(25(27)30-24)14-19-11-12-22(23(15-19)28-2)29-16-18-8-4-3-5-9-18/h3-15H,16H2,1-2H3/b21-14+. The SMILES string of the molecule is COc1cc(/C=C2/N=C(c3cccc(C)c3)OC2=O)ccc1OCc1ccccc1. The van der Waals surface area contributed by atoms with Crippen LogP contribution in [0.2, 0.25) is 0 Å². The number of nitrogens with zero attached hydrogens (tertiary/aromatic N) is 1. The predicted octanol–water partition coefficient (Wildman–Crippen LogP) is 4.93. The maximum absolute atomic E-state index is 12.3. The van der Waals surface area contributed by atoms with Gasteiger partial charge in [0.15, 0.2) is 17.2 Å². The highest BCUT2D eigenvalue weighted by molar-refractivity contribution is 6.12. The zero-order valence-corrected chi connectivity index (χ0v) is 16.8. The molecule has 0 N–H and O–H groups in total. The van der Waals surface area contributed by atoms with E-state index in [1.54, 1.807) is 19.3 Å². The average Bonchev–Trinajstić information content (AvgIpc) is 3.13. The predicted molar refractivity (Wildman–Crippen MR) is 116 cm³/mol. The third-order valence-corrected chi connectivity index (χ3v) is 4.61. The first kappa shape index (κ1) is 19.5. The van der Waals surface area contributed by atoms with Crippen molar-refractivity contribution in [2.75, 3.05) is 7.11 Å². The maximum Gasteiger partial charge on any atom is 0.363 e. The van der Waals surface area contributed by atoms with E-state index in [1.807, 2.05) is 73.7 Å². The first-order chi connectivity index (χ1) is 14.6. The van der Waals surface area contributed by atoms with Crippen molar-refractivity contribution < 1.29 is 19.0 Å². The highest BCUT2D eigenvalue weighted by Crippen LogP contribution is 2.30. The molecule has 0 radical (unpaired) electrons. The Hall–Kier alpha value is -3.86. The van der Waals surface area contributed by atoms with Crippen LogP contribution >= 0.6 is 0 Å². The summed E-state index contributed by atoms with van der Waals surface area (Å²) in [4.78, 5) is 16.6. The lowest BCUT2D eigenvalue weighted by Crippen LogP contribution is -2.05. The molecule has 3 aromatic carbocycles. The number of benzene rings is 3. The number of ether oxygens (including phenoxy) is 3. The molecule has 30 heavy (non-hydrogen) atoms. The molecule has 3 aromatic rings. The Morgan fingerprint density at radius 2 is 1.80 bits per heavy atom. The van der Waals surface area contributed by atoms with Crippen molar-refractivity contribution in [1.82, 2.24) is 0 Å². The van der Waals surface area contributed by atoms with Gasteiger partial charge in [0.1, 0.15) is 6.61 Å². The minimum atomic E-state index is -0.477. The normalized spacial score (nSPS) is 14.4. The number of esters is 1. The van der Waals surface area contributed by atoms with Crippen molar-refractivity contribution in [3.63, 3.8) is 0 Å². The van der Waals surface area contributed by atoms with Crippen molar-refractivity contribution in [2.24, 2.45) is 4.99 Å². The number of carbonyl (C=O) groups excluding carboxylic acids is 1. The third-order valence-electron chi connectivity index (χ3n) is 4.61. The van der Waals surface area contributed by atoms with E-state index in [-0.39, 0.29) is 5.70 Å². The van der Waals surface area contributed by atoms with Crippen molar-refractivity contribution >= 4 is 17.9 Å². The number of aliphatic imine (C=N–C) groups is 1. The molecule has 1 aliphatic rings. The van der Waals surface area contributed by atoms with Crippen molar-refractivity contribution in [3.05, 3.63) is 101 Å². The van der Waals surface area contributed by atoms with Gasteiger partial charge >= 0.3 is 5.97 Å². The molecule has 0 aliphatic carbocycles. The van der Waals surface area contributed by atoms with Gasteiger partial charge in [-0.05, 0) is 48.4 Å². The van der Waals surface area contributed by atoms with E-state index < -0.39 is 5.97 Å². The van der Waals surface area contributed by atoms with E-state index in [0.717, 1.165) is 22.3 Å². The number of hydrogen-bond donors (Lipinski definition) is 0. The molecule has 4 rings (SSSR count). The average molecular weight is 399 g/mol. The number of aryl methyl sites for hydroxylation is 1. The summed E-state index contributed by atoms with van der Waals surface area (Å²) in [6.07, 6.45) is 1.68. The van der Waals surface area contributed by atoms with E-state index in [1.165, 1.54) is 0 Å². The first-order valence-electron chi connectivity index (χ1n) is 9.57. The number of rotatable bonds is 6. The van der Waals surface area contributed by atoms with Gasteiger partial charge in [0.25, 0.3) is 0 Å². The fourth-order valence-corrected chi connectivity index (χ4v) is 3.10. The zero-order valence-electron chi connectivity index (χ0n) is 16.8. The van der Waals surface area contributed by atoms with Crippen LogP contribution in [0.3, 0.4) is 0 Å². The van der Waals surface area contributed by atoms with Crippen LogP contribution in [0, 0.1) is 6.92 Å². The summed E-state index contributed by atoms with van der Waals surface area (Å²) in [6.45, 7) is 2.42. The number of methoxy groups -OCH3 is 1. The Morgan fingerprint density at radius 1 is 0.967 bits per heavy atom. The second-order valence-electron chi connectivity index (χ2n) is 6.89. The molecule has 0 aromatic heterocycles. The molecule has 0 bridgehead atoms. The summed E-state index contributed by atoms with van der Waals surface area (Å²) in [5, 5.41) is 0. The minimum absolute atomic E-state index is 0.242. The number of hydrogen-bond acceptors (Lipinski definition) is 5. The third kappa shape index (κ3) is 4.41. The molecule has 0 fully saturated rings. The molecular weight excluding hydrogens is 378 g/mol. The van der Waals surface area contributed by atoms with Gasteiger partial charge in [0.05, 0.1) is 7.11 Å². The van der Waals surface area contributed by atoms with Gasteiger partial charge in [-0.1, -0.05) is 54.1 Å². The first-order valence-corrected chi connectivity index (χ1v) is 9.57. The quantitative estimate of drug-likeness (QED) is 0.436. The number of carbonyl (C=O) groups is 1. The lowest BCUT2D eigenvalue weighted by atomic mass is 10.1. The summed E-state index contributed by atoms with van der Waals surface area (Å²) >= 11 is 0. The van der Waals surface area contributed by atoms with Crippen LogP contribution in [0.4, 0.5) is 0 Å². The highest BCUT2D eigenvalue weighted by atomic mass is 16.6. The molecular formula is C25H21NO4. The Bertz CT molecular complexity index is 1130. The van der Waals surface area contributed by atoms with Crippen LogP contribution in [-0.4, -0.2) is 19.0 Å². The maximum atomic E-state index is 12.3. The molecule has 0 saturated heterocycles. The Morgan fingerprint density at radius 3 is 2.57 bits per heavy atom. The molecule has 0 spiro atoms. The van der Waals surface area contributed by atoms with Crippen molar-refractivity contribution in [3.8, 4) is 11.5 Å². The topological polar surface area (TPSA) is 57.1 Å². The highest BCUT2D eigenvalue weighted by Gasteiger charge is 2.24. The second-order valence-corrected chi connectivity index (χ2v) is 6.89. The molecule has 5 nitrogen and oxygen atoms in total. The molecule has 0 saturated carbocycles. The summed E-state index contributed by atoms with van der Waals surface area (Å²) in [7, 11) is 1.58. The van der Waals surface area contributed by atoms with Gasteiger partial charge < -0.3 is 14.2 Å². The Kier molecular flexibility index (Phi) is 5.61. The monoisotopic (exact) mass is 399 g/mol. The largest absolute Gasteiger partial charge is 0.493 e. The van der Waals surface area contributed by atoms with Crippen LogP contribution < -0.4 is 9.47 Å². The Balaban J connectivity index is 1.55. The molecule has 0 unspecified atom stereocenters. The second kappa shape index (κ2) is 8.66. The van der Waals surface area contributed by atoms with Gasteiger partial charge in [-0.3, -0.25) is 0 Å². The van der Waals surface area contributed by atoms with Crippen molar-refractivity contribution in [1.29, 1.82) is 0 Å². The zero-order chi connectivity index (χ0) is 20.9. The molecule has 0 amide bonds. The summed E-state index contributed by atoms with van der Waals surface area (Å²) < 4.78 is 16.7. The van der Waals surface area contributed by atoms with Gasteiger partial charge in [-0.15, -0.1) is 0 Å². The van der Waals surface area contributed by atoms with E-state index in [0.29, 0.717) is 24.0 Å². The molecule has 1 aliphatic heterocycles. The van der Waals surface area contributed by atoms with Gasteiger partial charge in [0, 0.05) is 5.56 Å². The minimum Gasteiger partial charge on any atom is -0.493 e. The fourth-order valence-electron chi connectivity index (χ4n) is 3.10. The van der Waals surface area contributed by atoms with E-state index in [9.17, 15) is 4.79 Å². The Labute approximate surface area is 175 Å². The molecule has 0 atom stereocenters. The summed E-state index contributed by atoms with van der Waals surface area (Å²) in [5.74, 6) is 1.04. The smallest absolute Gasteiger partial charge is 0.363 e.